The van der Waals surface area contributed by atoms with E-state index in [1.807, 2.05) is 0 Å². The van der Waals surface area contributed by atoms with Gasteiger partial charge in [-0.2, -0.15) is 38.9 Å². The van der Waals surface area contributed by atoms with Crippen molar-refractivity contribution in [3.63, 3.8) is 0 Å². The van der Waals surface area contributed by atoms with Crippen molar-refractivity contribution in [1.29, 1.82) is 0 Å². The van der Waals surface area contributed by atoms with Crippen LogP contribution in [0.5, 0.6) is 0 Å². The van der Waals surface area contributed by atoms with Gasteiger partial charge < -0.3 is 159 Å². The van der Waals surface area contributed by atoms with E-state index in [1.165, 1.54) is 28.3 Å². The van der Waals surface area contributed by atoms with Crippen molar-refractivity contribution in [2.24, 2.45) is 33.3 Å². The van der Waals surface area contributed by atoms with E-state index in [9.17, 15) is 128 Å². The number of amidine groups is 2. The van der Waals surface area contributed by atoms with E-state index in [-0.39, 0.29) is 41.0 Å². The summed E-state index contributed by atoms with van der Waals surface area (Å²) in [5.41, 5.74) is 3.52. The Balaban J connectivity index is 0.000000234. The number of nitrogens with zero attached hydrogens (tertiary/aromatic N) is 6. The second kappa shape index (κ2) is 41.9. The van der Waals surface area contributed by atoms with Crippen LogP contribution in [0.1, 0.15) is 25.7 Å². The topological polar surface area (TPSA) is 905 Å². The van der Waals surface area contributed by atoms with Crippen LogP contribution >= 0.6 is 163 Å². The zero-order chi connectivity index (χ0) is 97.6. The predicted octanol–water partition coefficient (Wildman–Crippen LogP) is 1.61. The summed E-state index contributed by atoms with van der Waals surface area (Å²) in [6.45, 7) is 10.5. The number of hydrogen-bond donors (Lipinski definition) is 24. The molecule has 6 fully saturated rings. The molecule has 128 heavy (non-hydrogen) atoms. The van der Waals surface area contributed by atoms with Crippen molar-refractivity contribution < 1.29 is 243 Å². The fourth-order valence-corrected chi connectivity index (χ4v) is 26.2. The summed E-state index contributed by atoms with van der Waals surface area (Å²) in [5, 5.41) is 42.1. The van der Waals surface area contributed by atoms with Crippen LogP contribution in [0.25, 0.3) is 0 Å². The largest absolute Gasteiger partial charge is 0.490 e. The SMILES string of the molecule is C=C1N=C(N)C(F)=CN1[C@@H]1O[C@](CCl)(COP(=O)(O)OP(=O)(O)OP(=O)(O)O)[C@@H](O)[C@H]1Cl.C=C1N=C(N)C=CN1[C@@H]1O[C@@](COP(=O)(O)OP(=O)(O)OP(=O)(O)O)(C2CC2)[C@@H](O)[C@H]1Cl.C=C1NC(=O)C(F)=CN1[C@@H]1O[C@](CCl)(COP(=O)(O)OP(=O)(O)OP(=O)(O)O)[C@@H](O)[C@H]1Cl.C=C1NC(=O)C=CN1[C@@H]1O[C@@](COP(=O)(O)OP(=O)(O)OP(=O)(O)O)(C2CC2)[C@@H](O)[C@H]1Cl. The standard InChI is InChI=1S/C13H21ClN3O12P3.C13H20ClN2O13P3.C11H17Cl2FN3O12P3.C11H16Cl2FN2O13P3/c1-7-16-9(15)4-5-17(7)12-10(14)11(18)13(27-12,8-2-3-8)6-26-31(22,23)29-32(24,25)28-30(19,20)21;1-7-15-9(17)4-5-16(7)12-10(14)11(18)13(27-12,8-2-3-8)6-26-31(22,23)29-32(24,25)28-30(19,20)21;1-5-16-9(15)6(14)2-17(5)10-7(13)8(18)11(3-12,27-10)4-26-31(22,23)29-32(24,25)28-30(19,20)21;1-5-15-9(18)6(14)2-16(5)10-7(13)8(17)11(3-12,27-10)4-26-31(22,23)29-32(24,25)28-30(19,20)21/h4-5,8,10-12,18H,1-3,6H2,(H2,15,16)(H,22,23)(H,24,25)(H2,19,20,21);4-5,8,10-12,18H,1-3,6H2,(H,15,17)(H,22,23)(H,24,25)(H2,19,20,21);2,7-8,10,18H,1,3-4H2,(H2,15,16)(H,22,23)(H,24,25)(H2,19,20,21);2,7-8,10,17H,1,3-4H2,(H,15,18)(H,22,23)(H,24,25)(H2,19,20,21)/t2*10-,11+,12-,13+;2*7-,8+,10-,11-/m1111/s1. The highest BCUT2D eigenvalue weighted by Crippen LogP contribution is 2.71. The van der Waals surface area contributed by atoms with Gasteiger partial charge in [0, 0.05) is 30.9 Å². The van der Waals surface area contributed by atoms with Crippen molar-refractivity contribution in [3.05, 3.63) is 98.2 Å². The number of phosphoric acid groups is 12. The van der Waals surface area contributed by atoms with Gasteiger partial charge in [-0.25, -0.2) is 69.2 Å². The Labute approximate surface area is 745 Å². The first-order chi connectivity index (χ1) is 57.9. The molecule has 0 aromatic carbocycles. The Hall–Kier alpha value is -2.08. The average molecular weight is 2210 g/mol. The maximum absolute atomic E-state index is 13.8. The van der Waals surface area contributed by atoms with Crippen molar-refractivity contribution >= 4 is 187 Å². The Morgan fingerprint density at radius 2 is 0.727 bits per heavy atom. The quantitative estimate of drug-likeness (QED) is 0.0313. The number of amides is 2. The third kappa shape index (κ3) is 30.5. The van der Waals surface area contributed by atoms with E-state index in [4.69, 9.17) is 153 Å². The van der Waals surface area contributed by atoms with Gasteiger partial charge in [0.1, 0.15) is 97.4 Å². The molecule has 0 spiro atoms. The minimum Gasteiger partial charge on any atom is -0.388 e. The predicted molar refractivity (Wildman–Crippen MR) is 419 cm³/mol. The third-order valence-corrected chi connectivity index (χ3v) is 35.2. The molecule has 24 atom stereocenters. The normalized spacial score (nSPS) is 33.8. The lowest BCUT2D eigenvalue weighted by Gasteiger charge is -2.35. The zero-order valence-corrected chi connectivity index (χ0v) is 78.1. The van der Waals surface area contributed by atoms with Crippen LogP contribution in [0.4, 0.5) is 8.78 Å². The van der Waals surface area contributed by atoms with Gasteiger partial charge in [-0.15, -0.1) is 69.6 Å². The lowest BCUT2D eigenvalue weighted by molar-refractivity contribution is -0.145. The van der Waals surface area contributed by atoms with Gasteiger partial charge in [0.05, 0.1) is 38.2 Å². The number of aliphatic imine (C=N–C) groups is 2. The second-order valence-electron chi connectivity index (χ2n) is 26.8. The molecule has 26 N–H and O–H groups in total. The number of alkyl halides is 6. The summed E-state index contributed by atoms with van der Waals surface area (Å²) in [6.07, 6.45) is -2.28. The smallest absolute Gasteiger partial charge is 0.388 e. The Bertz CT molecular complexity index is 5100. The van der Waals surface area contributed by atoms with Crippen LogP contribution in [0, 0.1) is 11.8 Å². The molecule has 0 bridgehead atoms. The lowest BCUT2D eigenvalue weighted by Crippen LogP contribution is -2.48. The van der Waals surface area contributed by atoms with Gasteiger partial charge in [-0.1, -0.05) is 26.3 Å². The molecular formula is C48H74Cl6F2N10O50P12. The summed E-state index contributed by atoms with van der Waals surface area (Å²) in [6, 6.07) is 0. The molecule has 60 nitrogen and oxygen atoms in total. The maximum atomic E-state index is 13.8. The third-order valence-electron chi connectivity index (χ3n) is 17.4. The lowest BCUT2D eigenvalue weighted by atomic mass is 9.92. The Kier molecular flexibility index (Phi) is 37.0. The molecular weight excluding hydrogens is 2140 g/mol. The monoisotopic (exact) mass is 2210 g/mol. The molecule has 2 aliphatic carbocycles. The van der Waals surface area contributed by atoms with Crippen molar-refractivity contribution in [1.82, 2.24) is 30.2 Å². The second-order valence-corrected chi connectivity index (χ2v) is 47.1. The first-order valence-electron chi connectivity index (χ1n) is 33.5. The molecule has 4 saturated heterocycles. The molecule has 8 unspecified atom stereocenters. The number of aliphatic hydroxyl groups excluding tert-OH is 4. The molecule has 80 heteroatoms. The Morgan fingerprint density at radius 1 is 0.422 bits per heavy atom. The van der Waals surface area contributed by atoms with Crippen LogP contribution < -0.4 is 22.1 Å². The highest BCUT2D eigenvalue weighted by Gasteiger charge is 2.66. The number of rotatable bonds is 36. The highest BCUT2D eigenvalue weighted by atomic mass is 35.5. The van der Waals surface area contributed by atoms with Gasteiger partial charge in [0.25, 0.3) is 11.8 Å². The fourth-order valence-electron chi connectivity index (χ4n) is 11.8. The minimum absolute atomic E-state index is 0.0971. The van der Waals surface area contributed by atoms with E-state index >= 15 is 0 Å². The number of halogens is 8. The van der Waals surface area contributed by atoms with E-state index in [0.29, 0.717) is 31.9 Å². The number of ether oxygens (including phenoxy) is 4. The van der Waals surface area contributed by atoms with Gasteiger partial charge in [-0.05, 0) is 43.6 Å². The van der Waals surface area contributed by atoms with E-state index in [2.05, 4.69) is 90.5 Å². The number of hydrogen-bond acceptors (Lipinski definition) is 42. The first kappa shape index (κ1) is 113. The Morgan fingerprint density at radius 3 is 1.06 bits per heavy atom. The maximum Gasteiger partial charge on any atom is 0.490 e. The summed E-state index contributed by atoms with van der Waals surface area (Å²) in [4.78, 5) is 179. The van der Waals surface area contributed by atoms with Crippen LogP contribution in [-0.2, 0) is 136 Å². The number of nitrogens with two attached hydrogens (primary N) is 2. The summed E-state index contributed by atoms with van der Waals surface area (Å²) < 4.78 is 235. The van der Waals surface area contributed by atoms with E-state index in [0.717, 1.165) is 22.1 Å². The molecule has 10 rings (SSSR count). The zero-order valence-electron chi connectivity index (χ0n) is 62.9. The molecule has 10 aliphatic rings. The van der Waals surface area contributed by atoms with Crippen LogP contribution in [0.15, 0.2) is 108 Å². The molecule has 8 aliphatic heterocycles. The van der Waals surface area contributed by atoms with Crippen LogP contribution in [-0.4, -0.2) is 273 Å². The molecule has 0 aromatic rings. The molecule has 0 aromatic heterocycles. The molecule has 0 radical (unpaired) electrons. The summed E-state index contributed by atoms with van der Waals surface area (Å²) >= 11 is 36.6. The molecule has 732 valence electrons. The average Bonchev–Trinajstić information content (AvgIpc) is 1.56. The van der Waals surface area contributed by atoms with Gasteiger partial charge >= 0.3 is 93.9 Å². The van der Waals surface area contributed by atoms with Gasteiger partial charge in [-0.3, -0.25) is 27.7 Å². The number of nitrogens with one attached hydrogen (secondary N) is 2. The molecule has 2 saturated carbocycles. The van der Waals surface area contributed by atoms with Crippen molar-refractivity contribution in [2.45, 2.75) is 119 Å². The highest BCUT2D eigenvalue weighted by molar-refractivity contribution is 7.68. The summed E-state index contributed by atoms with van der Waals surface area (Å²) in [5.74, 6) is -6.20. The van der Waals surface area contributed by atoms with Gasteiger partial charge in [0.15, 0.2) is 36.6 Å². The summed E-state index contributed by atoms with van der Waals surface area (Å²) in [7, 11) is -67.2. The number of aliphatic hydroxyl groups is 4. The fraction of sp³-hybridized carbons (Fsp3) is 0.583. The molecule has 8 heterocycles. The number of carbonyl (C=O) groups is 2. The van der Waals surface area contributed by atoms with Crippen LogP contribution in [0.2, 0.25) is 0 Å². The van der Waals surface area contributed by atoms with Gasteiger partial charge in [0.2, 0.25) is 5.83 Å². The number of carbonyl (C=O) groups excluding carboxylic acids is 2. The number of phosphoric ester groups is 4. The van der Waals surface area contributed by atoms with E-state index in [1.54, 1.807) is 0 Å². The van der Waals surface area contributed by atoms with Crippen LogP contribution in [0.3, 0.4) is 0 Å². The first-order valence-corrected chi connectivity index (χ1v) is 54.4. The molecule has 2 amide bonds. The van der Waals surface area contributed by atoms with Crippen molar-refractivity contribution in [2.75, 3.05) is 38.2 Å². The minimum atomic E-state index is -5.78. The van der Waals surface area contributed by atoms with Crippen molar-refractivity contribution in [3.8, 4) is 0 Å². The van der Waals surface area contributed by atoms with E-state index < -0.39 is 255 Å².